The lowest BCUT2D eigenvalue weighted by molar-refractivity contribution is 0.183. The summed E-state index contributed by atoms with van der Waals surface area (Å²) >= 11 is 0. The number of imidazole rings is 1. The first-order valence-electron chi connectivity index (χ1n) is 16.5. The first-order valence-corrected chi connectivity index (χ1v) is 16.5. The van der Waals surface area contributed by atoms with Crippen molar-refractivity contribution in [2.45, 2.75) is 71.5 Å². The molecule has 0 aliphatic heterocycles. The van der Waals surface area contributed by atoms with E-state index in [-0.39, 0.29) is 0 Å². The van der Waals surface area contributed by atoms with Crippen LogP contribution < -0.4 is 4.74 Å². The number of unbranched alkanes of at least 4 members (excludes halogenated alkanes) is 1. The summed E-state index contributed by atoms with van der Waals surface area (Å²) in [5.74, 6) is 3.55. The molecule has 1 fully saturated rings. The zero-order chi connectivity index (χ0) is 30.0. The molecule has 0 amide bonds. The maximum atomic E-state index is 6.09. The van der Waals surface area contributed by atoms with Crippen molar-refractivity contribution in [1.82, 2.24) is 14.5 Å². The van der Waals surface area contributed by atoms with Gasteiger partial charge in [0.15, 0.2) is 0 Å². The fourth-order valence-corrected chi connectivity index (χ4v) is 6.52. The SMILES string of the molecule is CCCCn1c(-c2ccccc2)nc(-c2ccccc2)c1CN(Cc1ccc(Oc2ccccc2)cc1)CC1CCCCC1. The fourth-order valence-electron chi connectivity index (χ4n) is 6.52. The Hall–Kier alpha value is -4.15. The van der Waals surface area contributed by atoms with Gasteiger partial charge in [-0.05, 0) is 55.0 Å². The third-order valence-corrected chi connectivity index (χ3v) is 8.81. The predicted molar refractivity (Wildman–Crippen MR) is 182 cm³/mol. The van der Waals surface area contributed by atoms with Gasteiger partial charge in [0.1, 0.15) is 17.3 Å². The molecular weight excluding hydrogens is 538 g/mol. The number of benzene rings is 4. The molecule has 0 radical (unpaired) electrons. The predicted octanol–water partition coefficient (Wildman–Crippen LogP) is 10.4. The summed E-state index contributed by atoms with van der Waals surface area (Å²) in [4.78, 5) is 8.07. The summed E-state index contributed by atoms with van der Waals surface area (Å²) in [6, 6.07) is 40.2. The summed E-state index contributed by atoms with van der Waals surface area (Å²) in [5, 5.41) is 0. The molecule has 4 heteroatoms. The van der Waals surface area contributed by atoms with Crippen LogP contribution in [0.1, 0.15) is 63.1 Å². The van der Waals surface area contributed by atoms with Crippen LogP contribution in [0, 0.1) is 5.92 Å². The molecule has 0 unspecified atom stereocenters. The second kappa shape index (κ2) is 15.0. The first-order chi connectivity index (χ1) is 21.8. The van der Waals surface area contributed by atoms with E-state index in [1.54, 1.807) is 0 Å². The molecule has 6 rings (SSSR count). The minimum atomic E-state index is 0.741. The summed E-state index contributed by atoms with van der Waals surface area (Å²) in [5.41, 5.74) is 6.12. The number of ether oxygens (including phenoxy) is 1. The van der Waals surface area contributed by atoms with Crippen molar-refractivity contribution in [3.05, 3.63) is 127 Å². The van der Waals surface area contributed by atoms with Crippen LogP contribution >= 0.6 is 0 Å². The molecule has 0 N–H and O–H groups in total. The number of para-hydroxylation sites is 1. The molecular formula is C40H45N3O. The molecule has 1 heterocycles. The van der Waals surface area contributed by atoms with Crippen LogP contribution in [-0.4, -0.2) is 21.0 Å². The molecule has 0 saturated heterocycles. The Morgan fingerprint density at radius 1 is 0.705 bits per heavy atom. The van der Waals surface area contributed by atoms with E-state index in [0.717, 1.165) is 68.0 Å². The Morgan fingerprint density at radius 3 is 1.98 bits per heavy atom. The van der Waals surface area contributed by atoms with E-state index in [4.69, 9.17) is 9.72 Å². The Bertz CT molecular complexity index is 1560. The van der Waals surface area contributed by atoms with Crippen LogP contribution in [0.25, 0.3) is 22.6 Å². The van der Waals surface area contributed by atoms with E-state index < -0.39 is 0 Å². The average molecular weight is 584 g/mol. The molecule has 1 aromatic heterocycles. The molecule has 44 heavy (non-hydrogen) atoms. The molecule has 1 saturated carbocycles. The van der Waals surface area contributed by atoms with E-state index in [0.29, 0.717) is 0 Å². The lowest BCUT2D eigenvalue weighted by Gasteiger charge is -2.30. The van der Waals surface area contributed by atoms with Crippen molar-refractivity contribution in [2.75, 3.05) is 6.54 Å². The van der Waals surface area contributed by atoms with Crippen LogP contribution in [0.2, 0.25) is 0 Å². The summed E-state index contributed by atoms with van der Waals surface area (Å²) in [6.45, 7) is 6.12. The van der Waals surface area contributed by atoms with Crippen molar-refractivity contribution in [3.63, 3.8) is 0 Å². The number of rotatable bonds is 13. The topological polar surface area (TPSA) is 30.3 Å². The van der Waals surface area contributed by atoms with Gasteiger partial charge in [0, 0.05) is 37.3 Å². The largest absolute Gasteiger partial charge is 0.457 e. The minimum absolute atomic E-state index is 0.741. The van der Waals surface area contributed by atoms with E-state index in [2.05, 4.69) is 101 Å². The van der Waals surface area contributed by atoms with Crippen LogP contribution in [0.15, 0.2) is 115 Å². The van der Waals surface area contributed by atoms with Crippen molar-refractivity contribution in [2.24, 2.45) is 5.92 Å². The van der Waals surface area contributed by atoms with Crippen molar-refractivity contribution < 1.29 is 4.74 Å². The van der Waals surface area contributed by atoms with Crippen LogP contribution in [-0.2, 0) is 19.6 Å². The summed E-state index contributed by atoms with van der Waals surface area (Å²) in [6.07, 6.45) is 9.02. The van der Waals surface area contributed by atoms with E-state index in [1.165, 1.54) is 54.5 Å². The lowest BCUT2D eigenvalue weighted by atomic mass is 9.89. The second-order valence-electron chi connectivity index (χ2n) is 12.2. The third kappa shape index (κ3) is 7.67. The normalized spacial score (nSPS) is 13.8. The third-order valence-electron chi connectivity index (χ3n) is 8.81. The number of hydrogen-bond donors (Lipinski definition) is 0. The zero-order valence-corrected chi connectivity index (χ0v) is 26.1. The van der Waals surface area contributed by atoms with E-state index in [1.807, 2.05) is 30.3 Å². The average Bonchev–Trinajstić information content (AvgIpc) is 3.44. The Labute approximate surface area is 263 Å². The van der Waals surface area contributed by atoms with Gasteiger partial charge in [0.25, 0.3) is 0 Å². The highest BCUT2D eigenvalue weighted by Gasteiger charge is 2.24. The Balaban J connectivity index is 1.34. The molecule has 0 bridgehead atoms. The minimum Gasteiger partial charge on any atom is -0.457 e. The smallest absolute Gasteiger partial charge is 0.140 e. The van der Waals surface area contributed by atoms with Gasteiger partial charge < -0.3 is 9.30 Å². The van der Waals surface area contributed by atoms with Gasteiger partial charge in [-0.25, -0.2) is 4.98 Å². The molecule has 4 aromatic carbocycles. The van der Waals surface area contributed by atoms with Crippen molar-refractivity contribution in [3.8, 4) is 34.1 Å². The van der Waals surface area contributed by atoms with Gasteiger partial charge in [0.2, 0.25) is 0 Å². The van der Waals surface area contributed by atoms with Crippen molar-refractivity contribution in [1.29, 1.82) is 0 Å². The standard InChI is InChI=1S/C40H45N3O/c1-2-3-28-43-38(39(34-18-10-5-11-19-34)41-40(43)35-20-12-6-13-21-35)31-42(29-32-16-8-4-9-17-32)30-33-24-26-37(27-25-33)44-36-22-14-7-15-23-36/h5-7,10-15,18-27,32H,2-4,8-9,16-17,28-31H2,1H3. The van der Waals surface area contributed by atoms with Crippen LogP contribution in [0.5, 0.6) is 11.5 Å². The summed E-state index contributed by atoms with van der Waals surface area (Å²) < 4.78 is 8.61. The van der Waals surface area contributed by atoms with Crippen LogP contribution in [0.4, 0.5) is 0 Å². The van der Waals surface area contributed by atoms with Gasteiger partial charge in [-0.1, -0.05) is 124 Å². The lowest BCUT2D eigenvalue weighted by Crippen LogP contribution is -2.31. The maximum Gasteiger partial charge on any atom is 0.140 e. The molecule has 226 valence electrons. The second-order valence-corrected chi connectivity index (χ2v) is 12.2. The molecule has 1 aliphatic carbocycles. The summed E-state index contributed by atoms with van der Waals surface area (Å²) in [7, 11) is 0. The maximum absolute atomic E-state index is 6.09. The van der Waals surface area contributed by atoms with Crippen molar-refractivity contribution >= 4 is 0 Å². The van der Waals surface area contributed by atoms with Gasteiger partial charge >= 0.3 is 0 Å². The Morgan fingerprint density at radius 2 is 1.32 bits per heavy atom. The quantitative estimate of drug-likeness (QED) is 0.138. The monoisotopic (exact) mass is 583 g/mol. The molecule has 5 aromatic rings. The molecule has 1 aliphatic rings. The highest BCUT2D eigenvalue weighted by Crippen LogP contribution is 2.33. The Kier molecular flexibility index (Phi) is 10.2. The van der Waals surface area contributed by atoms with E-state index >= 15 is 0 Å². The number of hydrogen-bond acceptors (Lipinski definition) is 3. The molecule has 0 atom stereocenters. The van der Waals surface area contributed by atoms with E-state index in [9.17, 15) is 0 Å². The number of nitrogens with zero attached hydrogens (tertiary/aromatic N) is 3. The highest BCUT2D eigenvalue weighted by molar-refractivity contribution is 5.68. The van der Waals surface area contributed by atoms with Gasteiger partial charge in [0.05, 0.1) is 11.4 Å². The first kappa shape index (κ1) is 29.9. The highest BCUT2D eigenvalue weighted by atomic mass is 16.5. The van der Waals surface area contributed by atoms with Crippen LogP contribution in [0.3, 0.4) is 0 Å². The molecule has 4 nitrogen and oxygen atoms in total. The number of aromatic nitrogens is 2. The van der Waals surface area contributed by atoms with Gasteiger partial charge in [-0.2, -0.15) is 0 Å². The fraction of sp³-hybridized carbons (Fsp3) is 0.325. The molecule has 0 spiro atoms. The van der Waals surface area contributed by atoms with Gasteiger partial charge in [-0.15, -0.1) is 0 Å². The zero-order valence-electron chi connectivity index (χ0n) is 26.1. The van der Waals surface area contributed by atoms with Gasteiger partial charge in [-0.3, -0.25) is 4.90 Å².